The largest absolute Gasteiger partial charge is 0.466 e. The van der Waals surface area contributed by atoms with Gasteiger partial charge in [0.1, 0.15) is 0 Å². The van der Waals surface area contributed by atoms with Crippen LogP contribution >= 0.6 is 31.3 Å². The molecule has 0 heterocycles. The molecule has 0 aromatic rings. The molecule has 0 aliphatic heterocycles. The van der Waals surface area contributed by atoms with Crippen molar-refractivity contribution in [1.82, 2.24) is 0 Å². The summed E-state index contributed by atoms with van der Waals surface area (Å²) in [6.45, 7) is 2.64. The molecule has 4 N–H and O–H groups in total. The van der Waals surface area contributed by atoms with Crippen molar-refractivity contribution >= 4 is 31.3 Å². The van der Waals surface area contributed by atoms with Gasteiger partial charge in [-0.2, -0.15) is 23.5 Å². The Morgan fingerprint density at radius 1 is 0.571 bits per heavy atom. The Hall–Kier alpha value is 0.770. The van der Waals surface area contributed by atoms with Crippen molar-refractivity contribution in [2.24, 2.45) is 0 Å². The minimum atomic E-state index is -4.64. The molecule has 0 spiro atoms. The van der Waals surface area contributed by atoms with Gasteiger partial charge in [-0.15, -0.1) is 0 Å². The van der Waals surface area contributed by atoms with Crippen molar-refractivity contribution in [3.05, 3.63) is 0 Å². The van der Waals surface area contributed by atoms with E-state index in [1.807, 2.05) is 11.8 Å². The summed E-state index contributed by atoms with van der Waals surface area (Å²) in [6, 6.07) is 0. The van der Waals surface area contributed by atoms with E-state index in [1.54, 1.807) is 0 Å². The molecule has 0 bridgehead atoms. The number of phosphoric acid groups is 1. The van der Waals surface area contributed by atoms with Crippen LogP contribution in [0.3, 0.4) is 0 Å². The minimum Gasteiger partial charge on any atom is -0.396 e. The van der Waals surface area contributed by atoms with Crippen molar-refractivity contribution in [1.29, 1.82) is 0 Å². The molecule has 0 radical (unpaired) electrons. The van der Waals surface area contributed by atoms with Crippen LogP contribution in [0.2, 0.25) is 0 Å². The zero-order valence-corrected chi connectivity index (χ0v) is 20.4. The standard InChI is InChI=1S/C20H42OS2.H3O4P/c1-2-3-4-5-6-7-8-9-10-11-12-13-14-17-22-19-20-23-18-15-16-21;1-5(2,3)4/h21H,2-20H2,1H3;(H3,1,2,3,4). The zero-order chi connectivity index (χ0) is 21.3. The summed E-state index contributed by atoms with van der Waals surface area (Å²) in [7, 11) is -4.64. The fourth-order valence-electron chi connectivity index (χ4n) is 2.71. The van der Waals surface area contributed by atoms with Crippen LogP contribution in [-0.4, -0.2) is 49.4 Å². The zero-order valence-electron chi connectivity index (χ0n) is 17.9. The van der Waals surface area contributed by atoms with Gasteiger partial charge in [-0.25, -0.2) is 4.57 Å². The summed E-state index contributed by atoms with van der Waals surface area (Å²) >= 11 is 4.09. The lowest BCUT2D eigenvalue weighted by Crippen LogP contribution is -1.91. The van der Waals surface area contributed by atoms with Crippen molar-refractivity contribution in [3.8, 4) is 0 Å². The Morgan fingerprint density at radius 3 is 1.25 bits per heavy atom. The third kappa shape index (κ3) is 41.2. The van der Waals surface area contributed by atoms with Crippen LogP contribution in [0.15, 0.2) is 0 Å². The normalized spacial score (nSPS) is 11.3. The van der Waals surface area contributed by atoms with Crippen molar-refractivity contribution in [2.45, 2.75) is 96.8 Å². The van der Waals surface area contributed by atoms with Gasteiger partial charge in [-0.1, -0.05) is 84.0 Å². The Bertz CT molecular complexity index is 301. The number of thioether (sulfide) groups is 2. The Kier molecular flexibility index (Phi) is 28.5. The number of hydrogen-bond donors (Lipinski definition) is 4. The van der Waals surface area contributed by atoms with Gasteiger partial charge in [0.05, 0.1) is 0 Å². The predicted molar refractivity (Wildman–Crippen MR) is 126 cm³/mol. The van der Waals surface area contributed by atoms with Crippen LogP contribution in [0.5, 0.6) is 0 Å². The molecule has 0 rings (SSSR count). The van der Waals surface area contributed by atoms with E-state index in [-0.39, 0.29) is 0 Å². The maximum atomic E-state index is 8.88. The molecule has 0 aliphatic rings. The van der Waals surface area contributed by atoms with Crippen LogP contribution in [0.1, 0.15) is 96.8 Å². The lowest BCUT2D eigenvalue weighted by molar-refractivity contribution is 0.275. The first-order valence-corrected chi connectivity index (χ1v) is 14.8. The molecule has 0 aliphatic carbocycles. The van der Waals surface area contributed by atoms with Crippen LogP contribution in [-0.2, 0) is 4.57 Å². The highest BCUT2D eigenvalue weighted by Crippen LogP contribution is 2.25. The van der Waals surface area contributed by atoms with Gasteiger partial charge in [0, 0.05) is 18.1 Å². The van der Waals surface area contributed by atoms with Gasteiger partial charge in [-0.3, -0.25) is 0 Å². The molecule has 0 amide bonds. The number of hydrogen-bond acceptors (Lipinski definition) is 4. The van der Waals surface area contributed by atoms with E-state index in [0.717, 1.165) is 12.2 Å². The molecule has 0 fully saturated rings. The lowest BCUT2D eigenvalue weighted by Gasteiger charge is -2.04. The summed E-state index contributed by atoms with van der Waals surface area (Å²) < 4.78 is 8.88. The highest BCUT2D eigenvalue weighted by molar-refractivity contribution is 8.02. The van der Waals surface area contributed by atoms with Gasteiger partial charge < -0.3 is 19.8 Å². The first kappa shape index (κ1) is 31.0. The fourth-order valence-corrected chi connectivity index (χ4v) is 4.80. The maximum Gasteiger partial charge on any atom is 0.466 e. The monoisotopic (exact) mass is 460 g/mol. The molecule has 0 saturated heterocycles. The average molecular weight is 461 g/mol. The molecule has 0 unspecified atom stereocenters. The molecule has 28 heavy (non-hydrogen) atoms. The first-order chi connectivity index (χ1) is 13.4. The van der Waals surface area contributed by atoms with Gasteiger partial charge >= 0.3 is 7.82 Å². The van der Waals surface area contributed by atoms with E-state index in [2.05, 4.69) is 18.7 Å². The van der Waals surface area contributed by atoms with Crippen LogP contribution in [0.25, 0.3) is 0 Å². The summed E-state index contributed by atoms with van der Waals surface area (Å²) in [5.74, 6) is 5.01. The first-order valence-electron chi connectivity index (χ1n) is 11.0. The molecule has 0 aromatic heterocycles. The SMILES string of the molecule is CCCCCCCCCCCCCCCSCCSCCCO.O=P(O)(O)O. The Labute approximate surface area is 182 Å². The van der Waals surface area contributed by atoms with Crippen LogP contribution in [0.4, 0.5) is 0 Å². The summed E-state index contributed by atoms with van der Waals surface area (Å²) in [5.41, 5.74) is 0. The second kappa shape index (κ2) is 25.8. The van der Waals surface area contributed by atoms with E-state index in [9.17, 15) is 0 Å². The molecule has 8 heteroatoms. The maximum absolute atomic E-state index is 8.88. The van der Waals surface area contributed by atoms with Crippen LogP contribution in [0, 0.1) is 0 Å². The molecule has 172 valence electrons. The topological polar surface area (TPSA) is 98.0 Å². The van der Waals surface area contributed by atoms with E-state index in [4.69, 9.17) is 24.4 Å². The molecule has 0 aromatic carbocycles. The fraction of sp³-hybridized carbons (Fsp3) is 1.00. The number of aliphatic hydroxyl groups is 1. The van der Waals surface area contributed by atoms with Crippen LogP contribution < -0.4 is 0 Å². The van der Waals surface area contributed by atoms with Gasteiger partial charge in [0.2, 0.25) is 0 Å². The van der Waals surface area contributed by atoms with Crippen molar-refractivity contribution in [3.63, 3.8) is 0 Å². The highest BCUT2D eigenvalue weighted by Gasteiger charge is 2.00. The van der Waals surface area contributed by atoms with E-state index in [1.165, 1.54) is 101 Å². The minimum absolute atomic E-state index is 0.346. The summed E-state index contributed by atoms with van der Waals surface area (Å²) in [6.07, 6.45) is 19.7. The summed E-state index contributed by atoms with van der Waals surface area (Å²) in [4.78, 5) is 21.6. The third-order valence-electron chi connectivity index (χ3n) is 4.21. The van der Waals surface area contributed by atoms with E-state index in [0.29, 0.717) is 6.61 Å². The highest BCUT2D eigenvalue weighted by atomic mass is 32.2. The van der Waals surface area contributed by atoms with E-state index < -0.39 is 7.82 Å². The Morgan fingerprint density at radius 2 is 0.893 bits per heavy atom. The Balaban J connectivity index is 0. The number of unbranched alkanes of at least 4 members (excludes halogenated alkanes) is 12. The van der Waals surface area contributed by atoms with Crippen molar-refractivity contribution in [2.75, 3.05) is 29.6 Å². The predicted octanol–water partition coefficient (Wildman–Crippen LogP) is 6.00. The third-order valence-corrected chi connectivity index (χ3v) is 6.61. The van der Waals surface area contributed by atoms with Gasteiger partial charge in [-0.05, 0) is 24.3 Å². The molecule has 0 saturated carbocycles. The lowest BCUT2D eigenvalue weighted by atomic mass is 10.1. The average Bonchev–Trinajstić information content (AvgIpc) is 2.62. The molecule has 0 atom stereocenters. The van der Waals surface area contributed by atoms with E-state index >= 15 is 0 Å². The van der Waals surface area contributed by atoms with Gasteiger partial charge in [0.15, 0.2) is 0 Å². The quantitative estimate of drug-likeness (QED) is 0.131. The summed E-state index contributed by atoms with van der Waals surface area (Å²) in [5, 5.41) is 8.69. The smallest absolute Gasteiger partial charge is 0.396 e. The van der Waals surface area contributed by atoms with Crippen molar-refractivity contribution < 1.29 is 24.4 Å². The van der Waals surface area contributed by atoms with Gasteiger partial charge in [0.25, 0.3) is 0 Å². The number of aliphatic hydroxyl groups excluding tert-OH is 1. The molecular weight excluding hydrogens is 415 g/mol. The second-order valence-electron chi connectivity index (χ2n) is 7.06. The molecule has 5 nitrogen and oxygen atoms in total. The second-order valence-corrected chi connectivity index (χ2v) is 10.5. The molecular formula is C20H45O5PS2. The number of rotatable bonds is 20.